The van der Waals surface area contributed by atoms with Crippen LogP contribution in [-0.2, 0) is 20.7 Å². The predicted molar refractivity (Wildman–Crippen MR) is 109 cm³/mol. The number of carbonyl (C=O) groups excluding carboxylic acids is 2. The van der Waals surface area contributed by atoms with Crippen LogP contribution in [-0.4, -0.2) is 33.3 Å². The zero-order valence-electron chi connectivity index (χ0n) is 16.0. The molecule has 0 aliphatic rings. The summed E-state index contributed by atoms with van der Waals surface area (Å²) < 4.78 is 24.6. The number of rotatable bonds is 8. The van der Waals surface area contributed by atoms with Gasteiger partial charge in [0.1, 0.15) is 18.0 Å². The fraction of sp³-hybridized carbons (Fsp3) is 0.190. The molecule has 0 saturated heterocycles. The van der Waals surface area contributed by atoms with Crippen LogP contribution in [0.3, 0.4) is 0 Å². The first kappa shape index (κ1) is 21.5. The lowest BCUT2D eigenvalue weighted by molar-refractivity contribution is -0.145. The van der Waals surface area contributed by atoms with Gasteiger partial charge in [-0.05, 0) is 53.2 Å². The molecule has 9 heteroatoms. The van der Waals surface area contributed by atoms with Crippen LogP contribution in [0.25, 0.3) is 11.3 Å². The molecule has 3 aromatic rings. The number of esters is 1. The monoisotopic (exact) mass is 473 g/mol. The summed E-state index contributed by atoms with van der Waals surface area (Å²) in [4.78, 5) is 35.8. The average Bonchev–Trinajstić information content (AvgIpc) is 2.71. The Balaban J connectivity index is 1.68. The Morgan fingerprint density at radius 3 is 2.60 bits per heavy atom. The lowest BCUT2D eigenvalue weighted by atomic mass is 10.1. The second kappa shape index (κ2) is 10.0. The van der Waals surface area contributed by atoms with E-state index in [1.807, 2.05) is 0 Å². The summed E-state index contributed by atoms with van der Waals surface area (Å²) in [7, 11) is 0. The van der Waals surface area contributed by atoms with Gasteiger partial charge in [0.05, 0.1) is 30.6 Å². The van der Waals surface area contributed by atoms with E-state index in [1.54, 1.807) is 37.4 Å². The zero-order chi connectivity index (χ0) is 21.5. The third-order valence-electron chi connectivity index (χ3n) is 3.85. The smallest absolute Gasteiger partial charge is 0.313 e. The van der Waals surface area contributed by atoms with Gasteiger partial charge in [-0.25, -0.2) is 14.4 Å². The highest BCUT2D eigenvalue weighted by molar-refractivity contribution is 9.10. The molecule has 0 saturated carbocycles. The van der Waals surface area contributed by atoms with E-state index in [0.717, 1.165) is 5.56 Å². The SMILES string of the molecule is CCOC(=O)CC(=O)Cc1cncc(-c2ccc(Oc3ncc(Br)cc3F)cc2)n1. The number of pyridine rings is 1. The highest BCUT2D eigenvalue weighted by atomic mass is 79.9. The molecule has 0 unspecified atom stereocenters. The van der Waals surface area contributed by atoms with Crippen molar-refractivity contribution < 1.29 is 23.5 Å². The molecule has 2 aromatic heterocycles. The van der Waals surface area contributed by atoms with Gasteiger partial charge in [-0.2, -0.15) is 0 Å². The first-order valence-electron chi connectivity index (χ1n) is 9.02. The topological polar surface area (TPSA) is 91.3 Å². The number of benzene rings is 1. The molecular formula is C21H17BrFN3O4. The van der Waals surface area contributed by atoms with Crippen molar-refractivity contribution >= 4 is 27.7 Å². The van der Waals surface area contributed by atoms with E-state index in [0.29, 0.717) is 21.6 Å². The Kier molecular flexibility index (Phi) is 7.18. The summed E-state index contributed by atoms with van der Waals surface area (Å²) in [6.07, 6.45) is 4.16. The Morgan fingerprint density at radius 2 is 1.90 bits per heavy atom. The normalized spacial score (nSPS) is 10.5. The lowest BCUT2D eigenvalue weighted by Crippen LogP contribution is -2.13. The summed E-state index contributed by atoms with van der Waals surface area (Å²) in [5.41, 5.74) is 1.73. The number of ketones is 1. The summed E-state index contributed by atoms with van der Waals surface area (Å²) in [5.74, 6) is -1.17. The standard InChI is InChI=1S/C21H17BrFN3O4/c1-2-29-20(28)9-16(27)8-15-11-24-12-19(26-15)13-3-5-17(6-4-13)30-21-18(23)7-14(22)10-25-21/h3-7,10-12H,2,8-9H2,1H3. The number of aromatic nitrogens is 3. The Hall–Kier alpha value is -3.20. The van der Waals surface area contributed by atoms with Crippen molar-refractivity contribution in [1.29, 1.82) is 0 Å². The first-order chi connectivity index (χ1) is 14.4. The molecule has 0 bridgehead atoms. The van der Waals surface area contributed by atoms with Crippen LogP contribution < -0.4 is 4.74 Å². The molecule has 0 atom stereocenters. The summed E-state index contributed by atoms with van der Waals surface area (Å²) in [6, 6.07) is 8.04. The molecule has 0 amide bonds. The van der Waals surface area contributed by atoms with Crippen LogP contribution in [0.4, 0.5) is 4.39 Å². The van der Waals surface area contributed by atoms with Crippen molar-refractivity contribution in [3.05, 3.63) is 64.9 Å². The van der Waals surface area contributed by atoms with Crippen LogP contribution in [0, 0.1) is 5.82 Å². The average molecular weight is 474 g/mol. The fourth-order valence-corrected chi connectivity index (χ4v) is 2.85. The zero-order valence-corrected chi connectivity index (χ0v) is 17.6. The minimum absolute atomic E-state index is 0.0185. The molecule has 0 spiro atoms. The summed E-state index contributed by atoms with van der Waals surface area (Å²) >= 11 is 3.14. The predicted octanol–water partition coefficient (Wildman–Crippen LogP) is 4.30. The van der Waals surface area contributed by atoms with Crippen molar-refractivity contribution in [2.24, 2.45) is 0 Å². The van der Waals surface area contributed by atoms with E-state index in [9.17, 15) is 14.0 Å². The van der Waals surface area contributed by atoms with E-state index in [2.05, 4.69) is 30.9 Å². The first-order valence-corrected chi connectivity index (χ1v) is 9.81. The van der Waals surface area contributed by atoms with Crippen molar-refractivity contribution in [1.82, 2.24) is 15.0 Å². The van der Waals surface area contributed by atoms with Gasteiger partial charge >= 0.3 is 5.97 Å². The second-order valence-corrected chi connectivity index (χ2v) is 7.08. The number of nitrogens with zero attached hydrogens (tertiary/aromatic N) is 3. The maximum atomic E-state index is 13.9. The summed E-state index contributed by atoms with van der Waals surface area (Å²) in [6.45, 7) is 1.91. The molecule has 0 aliphatic heterocycles. The molecule has 7 nitrogen and oxygen atoms in total. The van der Waals surface area contributed by atoms with Gasteiger partial charge in [-0.1, -0.05) is 0 Å². The second-order valence-electron chi connectivity index (χ2n) is 6.16. The highest BCUT2D eigenvalue weighted by Crippen LogP contribution is 2.26. The third kappa shape index (κ3) is 5.90. The van der Waals surface area contributed by atoms with Crippen LogP contribution in [0.2, 0.25) is 0 Å². The molecule has 1 aromatic carbocycles. The Morgan fingerprint density at radius 1 is 1.13 bits per heavy atom. The summed E-state index contributed by atoms with van der Waals surface area (Å²) in [5, 5.41) is 0. The van der Waals surface area contributed by atoms with E-state index in [4.69, 9.17) is 9.47 Å². The molecule has 30 heavy (non-hydrogen) atoms. The quantitative estimate of drug-likeness (QED) is 0.355. The van der Waals surface area contributed by atoms with Gasteiger partial charge in [-0.15, -0.1) is 0 Å². The minimum atomic E-state index is -0.584. The maximum absolute atomic E-state index is 13.9. The van der Waals surface area contributed by atoms with Crippen LogP contribution in [0.15, 0.2) is 53.4 Å². The van der Waals surface area contributed by atoms with Crippen molar-refractivity contribution in [2.45, 2.75) is 19.8 Å². The van der Waals surface area contributed by atoms with Gasteiger partial charge < -0.3 is 9.47 Å². The number of hydrogen-bond donors (Lipinski definition) is 0. The number of halogens is 2. The number of carbonyl (C=O) groups is 2. The number of Topliss-reactive ketones (excluding diaryl/α,β-unsaturated/α-hetero) is 1. The Bertz CT molecular complexity index is 1060. The molecule has 0 fully saturated rings. The number of ether oxygens (including phenoxy) is 2. The van der Waals surface area contributed by atoms with E-state index < -0.39 is 11.8 Å². The molecule has 0 radical (unpaired) electrons. The maximum Gasteiger partial charge on any atom is 0.313 e. The van der Waals surface area contributed by atoms with Crippen molar-refractivity contribution in [3.63, 3.8) is 0 Å². The van der Waals surface area contributed by atoms with Crippen LogP contribution in [0.1, 0.15) is 19.0 Å². The molecule has 0 aliphatic carbocycles. The van der Waals surface area contributed by atoms with Gasteiger partial charge in [0.25, 0.3) is 5.88 Å². The van der Waals surface area contributed by atoms with E-state index >= 15 is 0 Å². The van der Waals surface area contributed by atoms with E-state index in [-0.39, 0.29) is 31.1 Å². The molecule has 154 valence electrons. The fourth-order valence-electron chi connectivity index (χ4n) is 2.55. The minimum Gasteiger partial charge on any atom is -0.466 e. The van der Waals surface area contributed by atoms with Crippen molar-refractivity contribution in [3.8, 4) is 22.9 Å². The molecular weight excluding hydrogens is 457 g/mol. The lowest BCUT2D eigenvalue weighted by Gasteiger charge is -2.07. The van der Waals surface area contributed by atoms with Gasteiger partial charge in [0, 0.05) is 22.4 Å². The molecule has 2 heterocycles. The van der Waals surface area contributed by atoms with Crippen LogP contribution in [0.5, 0.6) is 11.6 Å². The largest absolute Gasteiger partial charge is 0.466 e. The van der Waals surface area contributed by atoms with Gasteiger partial charge in [0.15, 0.2) is 5.82 Å². The van der Waals surface area contributed by atoms with Gasteiger partial charge in [0.2, 0.25) is 0 Å². The highest BCUT2D eigenvalue weighted by Gasteiger charge is 2.13. The van der Waals surface area contributed by atoms with Crippen molar-refractivity contribution in [2.75, 3.05) is 6.61 Å². The third-order valence-corrected chi connectivity index (χ3v) is 4.28. The number of hydrogen-bond acceptors (Lipinski definition) is 7. The Labute approximate surface area is 180 Å². The van der Waals surface area contributed by atoms with E-state index in [1.165, 1.54) is 18.5 Å². The van der Waals surface area contributed by atoms with Crippen LogP contribution >= 0.6 is 15.9 Å². The van der Waals surface area contributed by atoms with Gasteiger partial charge in [-0.3, -0.25) is 14.6 Å². The molecule has 0 N–H and O–H groups in total. The molecule has 3 rings (SSSR count).